The fraction of sp³-hybridized carbons (Fsp3) is 0.857. The van der Waals surface area contributed by atoms with Crippen LogP contribution in [0.4, 0.5) is 0 Å². The van der Waals surface area contributed by atoms with Gasteiger partial charge in [-0.15, -0.1) is 0 Å². The van der Waals surface area contributed by atoms with E-state index in [1.165, 1.54) is 0 Å². The van der Waals surface area contributed by atoms with Gasteiger partial charge >= 0.3 is 5.97 Å². The molecule has 0 radical (unpaired) electrons. The fourth-order valence-corrected chi connectivity index (χ4v) is 0.851. The van der Waals surface area contributed by atoms with Crippen LogP contribution in [0.5, 0.6) is 0 Å². The molecule has 0 saturated carbocycles. The van der Waals surface area contributed by atoms with Crippen molar-refractivity contribution in [3.63, 3.8) is 0 Å². The van der Waals surface area contributed by atoms with Gasteiger partial charge in [0.2, 0.25) is 0 Å². The van der Waals surface area contributed by atoms with E-state index < -0.39 is 5.97 Å². The van der Waals surface area contributed by atoms with Gasteiger partial charge in [0.25, 0.3) is 0 Å². The molecule has 1 N–H and O–H groups in total. The summed E-state index contributed by atoms with van der Waals surface area (Å²) in [7, 11) is 1.57. The molecule has 0 aliphatic rings. The van der Waals surface area contributed by atoms with Crippen molar-refractivity contribution in [1.82, 2.24) is 0 Å². The van der Waals surface area contributed by atoms with Crippen molar-refractivity contribution in [2.75, 3.05) is 13.7 Å². The standard InChI is InChI=1S/C7H14O3/c1-7(2,5-10-3)4-6(8)9/h4-5H2,1-3H3,(H,8,9). The Hall–Kier alpha value is -0.570. The Bertz CT molecular complexity index is 118. The largest absolute Gasteiger partial charge is 0.481 e. The second-order valence-electron chi connectivity index (χ2n) is 3.17. The minimum Gasteiger partial charge on any atom is -0.481 e. The van der Waals surface area contributed by atoms with E-state index in [0.29, 0.717) is 6.61 Å². The number of hydrogen-bond acceptors (Lipinski definition) is 2. The van der Waals surface area contributed by atoms with E-state index in [1.807, 2.05) is 13.8 Å². The molecule has 10 heavy (non-hydrogen) atoms. The highest BCUT2D eigenvalue weighted by atomic mass is 16.5. The molecule has 0 aromatic heterocycles. The van der Waals surface area contributed by atoms with Gasteiger partial charge in [0.1, 0.15) is 0 Å². The molecule has 0 aliphatic carbocycles. The molecule has 0 heterocycles. The minimum atomic E-state index is -0.776. The SMILES string of the molecule is COCC(C)(C)CC(=O)O. The number of rotatable bonds is 4. The summed E-state index contributed by atoms with van der Waals surface area (Å²) in [6, 6.07) is 0. The van der Waals surface area contributed by atoms with E-state index in [1.54, 1.807) is 7.11 Å². The molecule has 0 bridgehead atoms. The first-order chi connectivity index (χ1) is 4.48. The van der Waals surface area contributed by atoms with Crippen molar-refractivity contribution in [2.24, 2.45) is 5.41 Å². The lowest BCUT2D eigenvalue weighted by Crippen LogP contribution is -2.22. The zero-order valence-corrected chi connectivity index (χ0v) is 6.68. The van der Waals surface area contributed by atoms with Crippen molar-refractivity contribution in [2.45, 2.75) is 20.3 Å². The summed E-state index contributed by atoms with van der Waals surface area (Å²) in [5.41, 5.74) is -0.249. The first kappa shape index (κ1) is 9.43. The van der Waals surface area contributed by atoms with Gasteiger partial charge in [-0.1, -0.05) is 13.8 Å². The smallest absolute Gasteiger partial charge is 0.303 e. The van der Waals surface area contributed by atoms with Crippen LogP contribution in [-0.4, -0.2) is 24.8 Å². The summed E-state index contributed by atoms with van der Waals surface area (Å²) in [6.45, 7) is 4.22. The number of methoxy groups -OCH3 is 1. The molecule has 0 amide bonds. The molecule has 0 aromatic carbocycles. The predicted molar refractivity (Wildman–Crippen MR) is 37.9 cm³/mol. The first-order valence-corrected chi connectivity index (χ1v) is 3.19. The maximum atomic E-state index is 10.2. The van der Waals surface area contributed by atoms with Crippen molar-refractivity contribution in [3.8, 4) is 0 Å². The van der Waals surface area contributed by atoms with Crippen LogP contribution in [0.2, 0.25) is 0 Å². The van der Waals surface area contributed by atoms with Gasteiger partial charge in [0, 0.05) is 7.11 Å². The van der Waals surface area contributed by atoms with Gasteiger partial charge in [0.15, 0.2) is 0 Å². The Labute approximate surface area is 61.0 Å². The average molecular weight is 146 g/mol. The Morgan fingerprint density at radius 3 is 2.40 bits per heavy atom. The second kappa shape index (κ2) is 3.56. The van der Waals surface area contributed by atoms with Crippen molar-refractivity contribution in [1.29, 1.82) is 0 Å². The zero-order chi connectivity index (χ0) is 8.20. The molecular formula is C7H14O3. The summed E-state index contributed by atoms with van der Waals surface area (Å²) in [6.07, 6.45) is 0.154. The molecule has 0 saturated heterocycles. The third-order valence-corrected chi connectivity index (χ3v) is 1.16. The van der Waals surface area contributed by atoms with Gasteiger partial charge in [-0.05, 0) is 5.41 Å². The topological polar surface area (TPSA) is 46.5 Å². The van der Waals surface area contributed by atoms with Crippen LogP contribution in [0.1, 0.15) is 20.3 Å². The van der Waals surface area contributed by atoms with Crippen LogP contribution < -0.4 is 0 Å². The van der Waals surface area contributed by atoms with Crippen molar-refractivity contribution < 1.29 is 14.6 Å². The number of carbonyl (C=O) groups is 1. The second-order valence-corrected chi connectivity index (χ2v) is 3.17. The third kappa shape index (κ3) is 4.32. The molecule has 3 heteroatoms. The Kier molecular flexibility index (Phi) is 3.36. The van der Waals surface area contributed by atoms with E-state index in [2.05, 4.69) is 0 Å². The van der Waals surface area contributed by atoms with Crippen molar-refractivity contribution >= 4 is 5.97 Å². The highest BCUT2D eigenvalue weighted by Crippen LogP contribution is 2.19. The maximum Gasteiger partial charge on any atom is 0.303 e. The molecule has 0 unspecified atom stereocenters. The predicted octanol–water partition coefficient (Wildman–Crippen LogP) is 1.13. The van der Waals surface area contributed by atoms with Crippen LogP contribution in [0, 0.1) is 5.41 Å². The lowest BCUT2D eigenvalue weighted by atomic mass is 9.91. The summed E-state index contributed by atoms with van der Waals surface area (Å²) in [5.74, 6) is -0.776. The van der Waals surface area contributed by atoms with E-state index in [4.69, 9.17) is 9.84 Å². The Balaban J connectivity index is 3.74. The summed E-state index contributed by atoms with van der Waals surface area (Å²) >= 11 is 0. The number of ether oxygens (including phenoxy) is 1. The quantitative estimate of drug-likeness (QED) is 0.646. The molecule has 0 fully saturated rings. The van der Waals surface area contributed by atoms with Gasteiger partial charge in [-0.25, -0.2) is 0 Å². The van der Waals surface area contributed by atoms with Gasteiger partial charge in [-0.2, -0.15) is 0 Å². The van der Waals surface area contributed by atoms with Crippen LogP contribution in [-0.2, 0) is 9.53 Å². The number of carboxylic acids is 1. The zero-order valence-electron chi connectivity index (χ0n) is 6.68. The van der Waals surface area contributed by atoms with E-state index in [0.717, 1.165) is 0 Å². The Morgan fingerprint density at radius 2 is 2.10 bits per heavy atom. The van der Waals surface area contributed by atoms with E-state index in [-0.39, 0.29) is 11.8 Å². The monoisotopic (exact) mass is 146 g/mol. The van der Waals surface area contributed by atoms with Gasteiger partial charge < -0.3 is 9.84 Å². The lowest BCUT2D eigenvalue weighted by Gasteiger charge is -2.20. The van der Waals surface area contributed by atoms with E-state index in [9.17, 15) is 4.79 Å². The number of hydrogen-bond donors (Lipinski definition) is 1. The molecule has 0 atom stereocenters. The molecule has 0 rings (SSSR count). The number of carboxylic acid groups (broad SMARTS) is 1. The van der Waals surface area contributed by atoms with Crippen LogP contribution in [0.3, 0.4) is 0 Å². The summed E-state index contributed by atoms with van der Waals surface area (Å²) in [4.78, 5) is 10.2. The minimum absolute atomic E-state index is 0.154. The normalized spacial score (nSPS) is 11.5. The van der Waals surface area contributed by atoms with Crippen LogP contribution >= 0.6 is 0 Å². The fourth-order valence-electron chi connectivity index (χ4n) is 0.851. The third-order valence-electron chi connectivity index (χ3n) is 1.16. The maximum absolute atomic E-state index is 10.2. The van der Waals surface area contributed by atoms with Crippen molar-refractivity contribution in [3.05, 3.63) is 0 Å². The molecule has 0 spiro atoms. The van der Waals surface area contributed by atoms with Gasteiger partial charge in [-0.3, -0.25) is 4.79 Å². The Morgan fingerprint density at radius 1 is 1.60 bits per heavy atom. The molecule has 0 aliphatic heterocycles. The van der Waals surface area contributed by atoms with Gasteiger partial charge in [0.05, 0.1) is 13.0 Å². The molecule has 3 nitrogen and oxygen atoms in total. The summed E-state index contributed by atoms with van der Waals surface area (Å²) < 4.78 is 4.84. The molecular weight excluding hydrogens is 132 g/mol. The van der Waals surface area contributed by atoms with Crippen LogP contribution in [0.25, 0.3) is 0 Å². The average Bonchev–Trinajstić information content (AvgIpc) is 1.59. The molecule has 0 aromatic rings. The molecule has 60 valence electrons. The number of aliphatic carboxylic acids is 1. The summed E-state index contributed by atoms with van der Waals surface area (Å²) in [5, 5.41) is 8.42. The highest BCUT2D eigenvalue weighted by Gasteiger charge is 2.20. The highest BCUT2D eigenvalue weighted by molar-refractivity contribution is 5.67. The van der Waals surface area contributed by atoms with Crippen LogP contribution in [0.15, 0.2) is 0 Å². The lowest BCUT2D eigenvalue weighted by molar-refractivity contribution is -0.140. The first-order valence-electron chi connectivity index (χ1n) is 3.19. The van der Waals surface area contributed by atoms with E-state index >= 15 is 0 Å².